The van der Waals surface area contributed by atoms with E-state index in [1.165, 1.54) is 23.3 Å². The molecule has 29 heavy (non-hydrogen) atoms. The molecule has 3 rings (SSSR count). The normalized spacial score (nSPS) is 18.2. The standard InChI is InChI=1S/C23H30F2N2O2/c1-16-17(2)23(29-3)7-5-18(16)14-27-10-9-26(15-21(27)8-11-28)13-19-4-6-20(24)12-22(19)25/h4-7,12,21,28H,8-11,13-15H2,1-3H3/t21-/m0/s1. The maximum atomic E-state index is 14.0. The number of benzene rings is 2. The molecule has 1 N–H and O–H groups in total. The highest BCUT2D eigenvalue weighted by Crippen LogP contribution is 2.26. The predicted molar refractivity (Wildman–Crippen MR) is 110 cm³/mol. The van der Waals surface area contributed by atoms with E-state index in [1.807, 2.05) is 6.07 Å². The van der Waals surface area contributed by atoms with Gasteiger partial charge in [0.15, 0.2) is 0 Å². The molecule has 0 aromatic heterocycles. The predicted octanol–water partition coefficient (Wildman–Crippen LogP) is 3.66. The Bertz CT molecular complexity index is 844. The molecule has 0 spiro atoms. The molecule has 4 nitrogen and oxygen atoms in total. The van der Waals surface area contributed by atoms with Crippen LogP contribution in [0.4, 0.5) is 8.78 Å². The zero-order valence-corrected chi connectivity index (χ0v) is 17.4. The van der Waals surface area contributed by atoms with E-state index < -0.39 is 11.6 Å². The maximum absolute atomic E-state index is 14.0. The van der Waals surface area contributed by atoms with Gasteiger partial charge in [0.2, 0.25) is 0 Å². The largest absolute Gasteiger partial charge is 0.496 e. The van der Waals surface area contributed by atoms with E-state index in [9.17, 15) is 13.9 Å². The van der Waals surface area contributed by atoms with Crippen LogP contribution in [0.2, 0.25) is 0 Å². The Morgan fingerprint density at radius 2 is 1.79 bits per heavy atom. The third-order valence-corrected chi connectivity index (χ3v) is 6.00. The highest BCUT2D eigenvalue weighted by Gasteiger charge is 2.27. The minimum absolute atomic E-state index is 0.112. The van der Waals surface area contributed by atoms with E-state index in [4.69, 9.17) is 4.74 Å². The molecule has 1 saturated heterocycles. The van der Waals surface area contributed by atoms with Crippen LogP contribution < -0.4 is 4.74 Å². The maximum Gasteiger partial charge on any atom is 0.130 e. The first-order chi connectivity index (χ1) is 13.9. The molecule has 1 atom stereocenters. The fourth-order valence-corrected chi connectivity index (χ4v) is 4.09. The first-order valence-electron chi connectivity index (χ1n) is 10.1. The van der Waals surface area contributed by atoms with Gasteiger partial charge in [0.1, 0.15) is 17.4 Å². The van der Waals surface area contributed by atoms with Crippen LogP contribution in [-0.4, -0.2) is 54.3 Å². The summed E-state index contributed by atoms with van der Waals surface area (Å²) in [5, 5.41) is 9.56. The number of methoxy groups -OCH3 is 1. The van der Waals surface area contributed by atoms with Crippen LogP contribution in [0.3, 0.4) is 0 Å². The number of piperazine rings is 1. The molecule has 0 aliphatic carbocycles. The van der Waals surface area contributed by atoms with Gasteiger partial charge in [-0.2, -0.15) is 0 Å². The minimum Gasteiger partial charge on any atom is -0.496 e. The molecule has 1 aliphatic rings. The zero-order chi connectivity index (χ0) is 21.0. The molecule has 0 radical (unpaired) electrons. The summed E-state index contributed by atoms with van der Waals surface area (Å²) in [6, 6.07) is 8.05. The summed E-state index contributed by atoms with van der Waals surface area (Å²) in [6.07, 6.45) is 0.663. The SMILES string of the molecule is COc1ccc(CN2CCN(Cc3ccc(F)cc3F)C[C@@H]2CCO)c(C)c1C. The van der Waals surface area contributed by atoms with Crippen molar-refractivity contribution in [3.05, 3.63) is 64.2 Å². The van der Waals surface area contributed by atoms with Crippen molar-refractivity contribution in [2.45, 2.75) is 39.4 Å². The number of nitrogens with zero attached hydrogens (tertiary/aromatic N) is 2. The molecule has 6 heteroatoms. The van der Waals surface area contributed by atoms with Gasteiger partial charge in [-0.25, -0.2) is 8.78 Å². The van der Waals surface area contributed by atoms with E-state index in [-0.39, 0.29) is 12.6 Å². The number of rotatable bonds is 7. The number of halogens is 2. The third-order valence-electron chi connectivity index (χ3n) is 6.00. The van der Waals surface area contributed by atoms with Gasteiger partial charge in [0, 0.05) is 57.0 Å². The molecule has 1 aliphatic heterocycles. The van der Waals surface area contributed by atoms with Crippen LogP contribution in [0.1, 0.15) is 28.7 Å². The number of aliphatic hydroxyl groups is 1. The first kappa shape index (κ1) is 21.7. The van der Waals surface area contributed by atoms with Gasteiger partial charge in [-0.15, -0.1) is 0 Å². The van der Waals surface area contributed by atoms with E-state index >= 15 is 0 Å². The molecule has 0 bridgehead atoms. The van der Waals surface area contributed by atoms with Gasteiger partial charge in [0.05, 0.1) is 7.11 Å². The van der Waals surface area contributed by atoms with Gasteiger partial charge in [0.25, 0.3) is 0 Å². The second-order valence-corrected chi connectivity index (χ2v) is 7.78. The Balaban J connectivity index is 1.70. The molecule has 2 aromatic rings. The van der Waals surface area contributed by atoms with Crippen LogP contribution in [0.25, 0.3) is 0 Å². The molecular formula is C23H30F2N2O2. The van der Waals surface area contributed by atoms with Gasteiger partial charge in [-0.3, -0.25) is 9.80 Å². The highest BCUT2D eigenvalue weighted by atomic mass is 19.1. The smallest absolute Gasteiger partial charge is 0.130 e. The van der Waals surface area contributed by atoms with Crippen LogP contribution in [0.5, 0.6) is 5.75 Å². The Kier molecular flexibility index (Phi) is 7.22. The van der Waals surface area contributed by atoms with E-state index in [1.54, 1.807) is 7.11 Å². The summed E-state index contributed by atoms with van der Waals surface area (Å²) in [4.78, 5) is 4.57. The van der Waals surface area contributed by atoms with E-state index in [0.29, 0.717) is 18.5 Å². The van der Waals surface area contributed by atoms with Crippen molar-refractivity contribution in [2.75, 3.05) is 33.4 Å². The summed E-state index contributed by atoms with van der Waals surface area (Å²) >= 11 is 0. The summed E-state index contributed by atoms with van der Waals surface area (Å²) in [5.74, 6) is -0.167. The molecule has 1 heterocycles. The fourth-order valence-electron chi connectivity index (χ4n) is 4.09. The van der Waals surface area contributed by atoms with Crippen molar-refractivity contribution in [3.63, 3.8) is 0 Å². The van der Waals surface area contributed by atoms with Gasteiger partial charge in [-0.1, -0.05) is 12.1 Å². The van der Waals surface area contributed by atoms with Crippen molar-refractivity contribution < 1.29 is 18.6 Å². The monoisotopic (exact) mass is 404 g/mol. The Morgan fingerprint density at radius 1 is 1.03 bits per heavy atom. The van der Waals surface area contributed by atoms with E-state index in [0.717, 1.165) is 43.6 Å². The van der Waals surface area contributed by atoms with Gasteiger partial charge >= 0.3 is 0 Å². The Morgan fingerprint density at radius 3 is 2.48 bits per heavy atom. The van der Waals surface area contributed by atoms with Crippen molar-refractivity contribution in [3.8, 4) is 5.75 Å². The van der Waals surface area contributed by atoms with Crippen LogP contribution in [0, 0.1) is 25.5 Å². The molecule has 2 aromatic carbocycles. The van der Waals surface area contributed by atoms with Crippen LogP contribution in [0.15, 0.2) is 30.3 Å². The number of aliphatic hydroxyl groups excluding tert-OH is 1. The summed E-state index contributed by atoms with van der Waals surface area (Å²) in [5.41, 5.74) is 4.13. The molecular weight excluding hydrogens is 374 g/mol. The highest BCUT2D eigenvalue weighted by molar-refractivity contribution is 5.43. The molecule has 158 valence electrons. The lowest BCUT2D eigenvalue weighted by Gasteiger charge is -2.41. The number of ether oxygens (including phenoxy) is 1. The van der Waals surface area contributed by atoms with Crippen molar-refractivity contribution in [2.24, 2.45) is 0 Å². The molecule has 0 amide bonds. The Labute approximate surface area is 171 Å². The summed E-state index contributed by atoms with van der Waals surface area (Å²) in [6.45, 7) is 7.92. The molecule has 1 fully saturated rings. The second kappa shape index (κ2) is 9.65. The number of hydrogen-bond acceptors (Lipinski definition) is 4. The number of hydrogen-bond donors (Lipinski definition) is 1. The topological polar surface area (TPSA) is 35.9 Å². The third kappa shape index (κ3) is 5.13. The Hall–Kier alpha value is -2.02. The average molecular weight is 405 g/mol. The minimum atomic E-state index is -0.556. The zero-order valence-electron chi connectivity index (χ0n) is 17.4. The van der Waals surface area contributed by atoms with Crippen molar-refractivity contribution >= 4 is 0 Å². The lowest BCUT2D eigenvalue weighted by atomic mass is 10.00. The van der Waals surface area contributed by atoms with Gasteiger partial charge < -0.3 is 9.84 Å². The first-order valence-corrected chi connectivity index (χ1v) is 10.1. The van der Waals surface area contributed by atoms with Crippen molar-refractivity contribution in [1.29, 1.82) is 0 Å². The van der Waals surface area contributed by atoms with E-state index in [2.05, 4.69) is 29.7 Å². The van der Waals surface area contributed by atoms with Crippen molar-refractivity contribution in [1.82, 2.24) is 9.80 Å². The molecule has 0 saturated carbocycles. The summed E-state index contributed by atoms with van der Waals surface area (Å²) < 4.78 is 32.6. The van der Waals surface area contributed by atoms with Gasteiger partial charge in [-0.05, 0) is 49.1 Å². The lowest BCUT2D eigenvalue weighted by molar-refractivity contribution is 0.0493. The fraction of sp³-hybridized carbons (Fsp3) is 0.478. The second-order valence-electron chi connectivity index (χ2n) is 7.78. The quantitative estimate of drug-likeness (QED) is 0.764. The van der Waals surface area contributed by atoms with Crippen LogP contribution >= 0.6 is 0 Å². The summed E-state index contributed by atoms with van der Waals surface area (Å²) in [7, 11) is 1.68. The lowest BCUT2D eigenvalue weighted by Crippen LogP contribution is -2.52. The van der Waals surface area contributed by atoms with Crippen LogP contribution in [-0.2, 0) is 13.1 Å². The average Bonchev–Trinajstić information content (AvgIpc) is 2.70. The molecule has 0 unspecified atom stereocenters.